The third-order valence-corrected chi connectivity index (χ3v) is 4.50. The zero-order valence-corrected chi connectivity index (χ0v) is 15.4. The summed E-state index contributed by atoms with van der Waals surface area (Å²) in [5.74, 6) is 0.158. The van der Waals surface area contributed by atoms with Gasteiger partial charge in [-0.15, -0.1) is 5.10 Å². The van der Waals surface area contributed by atoms with Gasteiger partial charge in [-0.1, -0.05) is 30.3 Å². The summed E-state index contributed by atoms with van der Waals surface area (Å²) in [6.07, 6.45) is 2.07. The Hall–Kier alpha value is -3.69. The first kappa shape index (κ1) is 17.7. The number of aryl methyl sites for hydroxylation is 1. The van der Waals surface area contributed by atoms with Crippen molar-refractivity contribution in [2.45, 2.75) is 12.5 Å². The number of ether oxygens (including phenoxy) is 1. The number of aromatic nitrogens is 5. The topological polar surface area (TPSA) is 118 Å². The van der Waals surface area contributed by atoms with E-state index >= 15 is 0 Å². The van der Waals surface area contributed by atoms with E-state index < -0.39 is 11.9 Å². The van der Waals surface area contributed by atoms with E-state index in [4.69, 9.17) is 4.74 Å². The molecule has 3 heterocycles. The van der Waals surface area contributed by atoms with Crippen molar-refractivity contribution in [3.05, 3.63) is 53.7 Å². The Bertz CT molecular complexity index is 1010. The standard InChI is InChI=1S/C18H19N7O3/c1-24-13-9-19-25(2)18(13)28-10-12(17(24)27)20-16(26)15-21-14(22-23-15)8-11-6-4-3-5-7-11/h3-7,9,12H,8,10H2,1-2H3,(H,20,26)(H,21,22,23)/t12-/m0/s1. The molecule has 0 fully saturated rings. The number of aromatic amines is 1. The fraction of sp³-hybridized carbons (Fsp3) is 0.278. The van der Waals surface area contributed by atoms with Crippen molar-refractivity contribution in [1.82, 2.24) is 30.3 Å². The van der Waals surface area contributed by atoms with E-state index in [1.807, 2.05) is 30.3 Å². The number of rotatable bonds is 4. The summed E-state index contributed by atoms with van der Waals surface area (Å²) in [4.78, 5) is 30.8. The van der Waals surface area contributed by atoms with Crippen LogP contribution in [0.4, 0.5) is 5.69 Å². The molecule has 0 bridgehead atoms. The molecule has 2 aromatic heterocycles. The zero-order valence-electron chi connectivity index (χ0n) is 15.4. The number of H-pyrrole nitrogens is 1. The van der Waals surface area contributed by atoms with Crippen molar-refractivity contribution < 1.29 is 14.3 Å². The fourth-order valence-corrected chi connectivity index (χ4v) is 2.99. The summed E-state index contributed by atoms with van der Waals surface area (Å²) in [5, 5.41) is 13.5. The van der Waals surface area contributed by atoms with Crippen molar-refractivity contribution in [2.24, 2.45) is 7.05 Å². The minimum Gasteiger partial charge on any atom is -0.474 e. The first-order valence-electron chi connectivity index (χ1n) is 8.71. The van der Waals surface area contributed by atoms with Gasteiger partial charge in [0.1, 0.15) is 24.2 Å². The van der Waals surface area contributed by atoms with Crippen molar-refractivity contribution in [3.63, 3.8) is 0 Å². The van der Waals surface area contributed by atoms with Crippen LogP contribution in [0.25, 0.3) is 0 Å². The molecule has 1 aromatic carbocycles. The van der Waals surface area contributed by atoms with Crippen LogP contribution in [0.2, 0.25) is 0 Å². The van der Waals surface area contributed by atoms with Crippen molar-refractivity contribution in [3.8, 4) is 5.88 Å². The number of amides is 2. The van der Waals surface area contributed by atoms with Gasteiger partial charge < -0.3 is 15.0 Å². The molecular formula is C18H19N7O3. The molecule has 10 heteroatoms. The molecule has 0 spiro atoms. The third-order valence-electron chi connectivity index (χ3n) is 4.50. The highest BCUT2D eigenvalue weighted by Gasteiger charge is 2.33. The predicted octanol–water partition coefficient (Wildman–Crippen LogP) is 0.283. The van der Waals surface area contributed by atoms with Gasteiger partial charge in [-0.2, -0.15) is 5.10 Å². The molecule has 4 rings (SSSR count). The minimum absolute atomic E-state index is 0.0112. The van der Waals surface area contributed by atoms with Gasteiger partial charge in [0, 0.05) is 20.5 Å². The lowest BCUT2D eigenvalue weighted by molar-refractivity contribution is -0.120. The van der Waals surface area contributed by atoms with Gasteiger partial charge in [-0.3, -0.25) is 14.7 Å². The van der Waals surface area contributed by atoms with Crippen LogP contribution in [0.15, 0.2) is 36.5 Å². The Morgan fingerprint density at radius 3 is 2.89 bits per heavy atom. The van der Waals surface area contributed by atoms with Crippen LogP contribution in [-0.4, -0.2) is 56.5 Å². The van der Waals surface area contributed by atoms with E-state index in [9.17, 15) is 9.59 Å². The number of carbonyl (C=O) groups is 2. The van der Waals surface area contributed by atoms with Gasteiger partial charge >= 0.3 is 0 Å². The normalized spacial score (nSPS) is 16.3. The number of likely N-dealkylation sites (N-methyl/N-ethyl adjacent to an activating group) is 1. The molecule has 10 nitrogen and oxygen atoms in total. The summed E-state index contributed by atoms with van der Waals surface area (Å²) in [6, 6.07) is 8.86. The molecule has 0 radical (unpaired) electrons. The lowest BCUT2D eigenvalue weighted by Gasteiger charge is -2.18. The molecule has 0 saturated heterocycles. The fourth-order valence-electron chi connectivity index (χ4n) is 2.99. The predicted molar refractivity (Wildman–Crippen MR) is 99.0 cm³/mol. The second kappa shape index (κ2) is 7.14. The van der Waals surface area contributed by atoms with Gasteiger partial charge in [-0.25, -0.2) is 9.67 Å². The number of anilines is 1. The van der Waals surface area contributed by atoms with E-state index in [1.165, 1.54) is 9.58 Å². The molecule has 144 valence electrons. The number of nitrogens with zero attached hydrogens (tertiary/aromatic N) is 5. The number of fused-ring (bicyclic) bond motifs is 1. The Kier molecular flexibility index (Phi) is 4.52. The van der Waals surface area contributed by atoms with Crippen molar-refractivity contribution >= 4 is 17.5 Å². The SMILES string of the molecule is CN1C(=O)[C@@H](NC(=O)c2n[nH]c(Cc3ccccc3)n2)COc2c1cnn2C. The quantitative estimate of drug-likeness (QED) is 0.670. The summed E-state index contributed by atoms with van der Waals surface area (Å²) >= 11 is 0. The van der Waals surface area contributed by atoms with E-state index in [1.54, 1.807) is 20.3 Å². The largest absolute Gasteiger partial charge is 0.474 e. The molecule has 0 saturated carbocycles. The van der Waals surface area contributed by atoms with Crippen LogP contribution in [0.3, 0.4) is 0 Å². The van der Waals surface area contributed by atoms with Crippen LogP contribution in [0, 0.1) is 0 Å². The second-order valence-corrected chi connectivity index (χ2v) is 6.46. The molecule has 28 heavy (non-hydrogen) atoms. The number of carbonyl (C=O) groups excluding carboxylic acids is 2. The summed E-state index contributed by atoms with van der Waals surface area (Å²) in [7, 11) is 3.33. The minimum atomic E-state index is -0.860. The highest BCUT2D eigenvalue weighted by Crippen LogP contribution is 2.29. The number of nitrogens with one attached hydrogen (secondary N) is 2. The Labute approximate surface area is 160 Å². The molecule has 2 amide bonds. The van der Waals surface area contributed by atoms with Crippen LogP contribution in [-0.2, 0) is 18.3 Å². The number of benzene rings is 1. The molecule has 1 aliphatic heterocycles. The maximum absolute atomic E-state index is 12.7. The van der Waals surface area contributed by atoms with Crippen LogP contribution in [0.1, 0.15) is 22.0 Å². The molecule has 0 unspecified atom stereocenters. The summed E-state index contributed by atoms with van der Waals surface area (Å²) in [6.45, 7) is -0.0112. The first-order valence-corrected chi connectivity index (χ1v) is 8.71. The van der Waals surface area contributed by atoms with E-state index in [-0.39, 0.29) is 18.3 Å². The lowest BCUT2D eigenvalue weighted by Crippen LogP contribution is -2.49. The van der Waals surface area contributed by atoms with Gasteiger partial charge in [0.15, 0.2) is 0 Å². The van der Waals surface area contributed by atoms with E-state index in [0.29, 0.717) is 23.8 Å². The molecular weight excluding hydrogens is 362 g/mol. The van der Waals surface area contributed by atoms with Gasteiger partial charge in [0.25, 0.3) is 11.8 Å². The Morgan fingerprint density at radius 1 is 1.32 bits per heavy atom. The first-order chi connectivity index (χ1) is 13.5. The molecule has 2 N–H and O–H groups in total. The smallest absolute Gasteiger partial charge is 0.291 e. The maximum Gasteiger partial charge on any atom is 0.291 e. The monoisotopic (exact) mass is 381 g/mol. The van der Waals surface area contributed by atoms with Gasteiger partial charge in [-0.05, 0) is 5.56 Å². The van der Waals surface area contributed by atoms with Gasteiger partial charge in [0.2, 0.25) is 11.7 Å². The van der Waals surface area contributed by atoms with Crippen molar-refractivity contribution in [1.29, 1.82) is 0 Å². The number of hydrogen-bond acceptors (Lipinski definition) is 6. The van der Waals surface area contributed by atoms with Gasteiger partial charge in [0.05, 0.1) is 6.20 Å². The van der Waals surface area contributed by atoms with Crippen LogP contribution >= 0.6 is 0 Å². The molecule has 1 atom stereocenters. The van der Waals surface area contributed by atoms with E-state index in [0.717, 1.165) is 5.56 Å². The van der Waals surface area contributed by atoms with Crippen LogP contribution in [0.5, 0.6) is 5.88 Å². The maximum atomic E-state index is 12.7. The van der Waals surface area contributed by atoms with E-state index in [2.05, 4.69) is 25.6 Å². The Balaban J connectivity index is 1.44. The average Bonchev–Trinajstić information content (AvgIpc) is 3.28. The average molecular weight is 381 g/mol. The Morgan fingerprint density at radius 2 is 2.11 bits per heavy atom. The molecule has 0 aliphatic carbocycles. The molecule has 3 aromatic rings. The summed E-state index contributed by atoms with van der Waals surface area (Å²) < 4.78 is 7.20. The highest BCUT2D eigenvalue weighted by molar-refractivity contribution is 6.02. The number of hydrogen-bond donors (Lipinski definition) is 2. The third kappa shape index (κ3) is 3.31. The van der Waals surface area contributed by atoms with Crippen molar-refractivity contribution in [2.75, 3.05) is 18.6 Å². The summed E-state index contributed by atoms with van der Waals surface area (Å²) in [5.41, 5.74) is 1.60. The zero-order chi connectivity index (χ0) is 19.7. The molecule has 1 aliphatic rings. The second-order valence-electron chi connectivity index (χ2n) is 6.46. The van der Waals surface area contributed by atoms with Crippen LogP contribution < -0.4 is 15.0 Å². The lowest BCUT2D eigenvalue weighted by atomic mass is 10.1. The highest BCUT2D eigenvalue weighted by atomic mass is 16.5.